The molecule has 1 aromatic rings. The smallest absolute Gasteiger partial charge is 0.307 e. The summed E-state index contributed by atoms with van der Waals surface area (Å²) in [5, 5.41) is 0.0786. The van der Waals surface area contributed by atoms with Crippen LogP contribution in [0.4, 0.5) is 0 Å². The van der Waals surface area contributed by atoms with Gasteiger partial charge in [0.05, 0.1) is 11.4 Å². The Morgan fingerprint density at radius 3 is 2.57 bits per heavy atom. The Bertz CT molecular complexity index is 632. The summed E-state index contributed by atoms with van der Waals surface area (Å²) >= 11 is 5.79. The molecule has 0 aliphatic heterocycles. The van der Waals surface area contributed by atoms with Crippen LogP contribution >= 0.6 is 11.6 Å². The van der Waals surface area contributed by atoms with Crippen molar-refractivity contribution >= 4 is 33.5 Å². The summed E-state index contributed by atoms with van der Waals surface area (Å²) in [5.41, 5.74) is 4.93. The molecule has 0 fully saturated rings. The summed E-state index contributed by atoms with van der Waals surface area (Å²) in [7, 11) is -3.81. The van der Waals surface area contributed by atoms with Crippen molar-refractivity contribution in [3.8, 4) is 0 Å². The minimum atomic E-state index is -3.81. The molecule has 1 aromatic carbocycles. The fraction of sp³-hybridized carbons (Fsp3) is 0.333. The summed E-state index contributed by atoms with van der Waals surface area (Å²) in [4.78, 5) is 22.0. The molecule has 0 aliphatic rings. The van der Waals surface area contributed by atoms with Gasteiger partial charge in [0.2, 0.25) is 10.0 Å². The van der Waals surface area contributed by atoms with E-state index in [1.54, 1.807) is 6.07 Å². The molecule has 0 saturated heterocycles. The number of nitrogens with two attached hydrogens (primary N) is 1. The Kier molecular flexibility index (Phi) is 6.13. The number of sulfonamides is 1. The molecule has 7 nitrogen and oxygen atoms in total. The third-order valence-corrected chi connectivity index (χ3v) is 4.42. The van der Waals surface area contributed by atoms with Crippen LogP contribution in [0.25, 0.3) is 0 Å². The summed E-state index contributed by atoms with van der Waals surface area (Å²) in [6.45, 7) is 1.14. The lowest BCUT2D eigenvalue weighted by atomic mass is 10.4. The minimum Gasteiger partial charge on any atom is -0.453 e. The molecule has 1 unspecified atom stereocenters. The van der Waals surface area contributed by atoms with E-state index in [0.29, 0.717) is 0 Å². The van der Waals surface area contributed by atoms with Crippen LogP contribution in [0.1, 0.15) is 13.3 Å². The van der Waals surface area contributed by atoms with Crippen molar-refractivity contribution < 1.29 is 22.7 Å². The summed E-state index contributed by atoms with van der Waals surface area (Å²) in [6.07, 6.45) is -1.29. The fourth-order valence-electron chi connectivity index (χ4n) is 1.34. The van der Waals surface area contributed by atoms with Crippen LogP contribution in [0, 0.1) is 0 Å². The molecule has 1 atom stereocenters. The largest absolute Gasteiger partial charge is 0.453 e. The van der Waals surface area contributed by atoms with Crippen LogP contribution in [0.5, 0.6) is 0 Å². The Balaban J connectivity index is 2.54. The Morgan fingerprint density at radius 2 is 2.00 bits per heavy atom. The van der Waals surface area contributed by atoms with Gasteiger partial charge >= 0.3 is 5.97 Å². The second kappa shape index (κ2) is 7.39. The van der Waals surface area contributed by atoms with Gasteiger partial charge in [-0.05, 0) is 19.1 Å². The third-order valence-electron chi connectivity index (χ3n) is 2.46. The standard InChI is InChI=1S/C12H15ClN2O5S/c1-8(12(14)17)20-11(16)6-7-15-21(18,19)10-5-3-2-4-9(10)13/h2-5,8,15H,6-7H2,1H3,(H2,14,17). The number of hydrogen-bond acceptors (Lipinski definition) is 5. The molecule has 0 aliphatic carbocycles. The normalized spacial score (nSPS) is 12.7. The van der Waals surface area contributed by atoms with E-state index in [2.05, 4.69) is 9.46 Å². The zero-order valence-electron chi connectivity index (χ0n) is 11.2. The second-order valence-corrected chi connectivity index (χ2v) is 6.26. The molecule has 3 N–H and O–H groups in total. The molecular weight excluding hydrogens is 320 g/mol. The molecule has 1 amide bonds. The van der Waals surface area contributed by atoms with E-state index in [-0.39, 0.29) is 22.9 Å². The number of primary amides is 1. The van der Waals surface area contributed by atoms with Gasteiger partial charge in [0, 0.05) is 6.54 Å². The lowest BCUT2D eigenvalue weighted by Gasteiger charge is -2.10. The van der Waals surface area contributed by atoms with Crippen LogP contribution in [-0.2, 0) is 24.3 Å². The first-order chi connectivity index (χ1) is 9.74. The zero-order valence-corrected chi connectivity index (χ0v) is 12.8. The van der Waals surface area contributed by atoms with E-state index in [1.807, 2.05) is 0 Å². The first-order valence-electron chi connectivity index (χ1n) is 5.97. The molecule has 21 heavy (non-hydrogen) atoms. The minimum absolute atomic E-state index is 0.0782. The number of amides is 1. The van der Waals surface area contributed by atoms with Gasteiger partial charge in [0.25, 0.3) is 5.91 Å². The van der Waals surface area contributed by atoms with Crippen molar-refractivity contribution in [1.82, 2.24) is 4.72 Å². The van der Waals surface area contributed by atoms with Crippen molar-refractivity contribution in [3.63, 3.8) is 0 Å². The number of rotatable bonds is 7. The molecule has 9 heteroatoms. The zero-order chi connectivity index (χ0) is 16.0. The SMILES string of the molecule is CC(OC(=O)CCNS(=O)(=O)c1ccccc1Cl)C(N)=O. The number of nitrogens with one attached hydrogen (secondary N) is 1. The van der Waals surface area contributed by atoms with Gasteiger partial charge in [-0.1, -0.05) is 23.7 Å². The average Bonchev–Trinajstić information content (AvgIpc) is 2.38. The molecular formula is C12H15ClN2O5S. The number of carbonyl (C=O) groups is 2. The lowest BCUT2D eigenvalue weighted by Crippen LogP contribution is -2.32. The molecule has 1 rings (SSSR count). The van der Waals surface area contributed by atoms with Gasteiger partial charge in [0.1, 0.15) is 4.90 Å². The van der Waals surface area contributed by atoms with Gasteiger partial charge in [-0.25, -0.2) is 13.1 Å². The maximum atomic E-state index is 11.9. The fourth-order valence-corrected chi connectivity index (χ4v) is 2.89. The van der Waals surface area contributed by atoms with Gasteiger partial charge < -0.3 is 10.5 Å². The molecule has 0 aromatic heterocycles. The summed E-state index contributed by atoms with van der Waals surface area (Å²) in [6, 6.07) is 5.92. The first kappa shape index (κ1) is 17.4. The van der Waals surface area contributed by atoms with Crippen molar-refractivity contribution in [3.05, 3.63) is 29.3 Å². The Hall–Kier alpha value is -1.64. The molecule has 116 valence electrons. The van der Waals surface area contributed by atoms with Gasteiger partial charge in [-0.15, -0.1) is 0 Å². The van der Waals surface area contributed by atoms with Gasteiger partial charge in [0.15, 0.2) is 6.10 Å². The maximum Gasteiger partial charge on any atom is 0.307 e. The highest BCUT2D eigenvalue weighted by atomic mass is 35.5. The van der Waals surface area contributed by atoms with E-state index in [4.69, 9.17) is 17.3 Å². The van der Waals surface area contributed by atoms with Crippen LogP contribution in [0.2, 0.25) is 5.02 Å². The van der Waals surface area contributed by atoms with Gasteiger partial charge in [-0.3, -0.25) is 9.59 Å². The van der Waals surface area contributed by atoms with Gasteiger partial charge in [-0.2, -0.15) is 0 Å². The number of halogens is 1. The molecule has 0 heterocycles. The highest BCUT2D eigenvalue weighted by molar-refractivity contribution is 7.89. The highest BCUT2D eigenvalue weighted by Gasteiger charge is 2.18. The number of esters is 1. The third kappa shape index (κ3) is 5.33. The van der Waals surface area contributed by atoms with Crippen molar-refractivity contribution in [2.24, 2.45) is 5.73 Å². The molecule has 0 radical (unpaired) electrons. The predicted octanol–water partition coefficient (Wildman–Crippen LogP) is 0.425. The van der Waals surface area contributed by atoms with Crippen LogP contribution in [0.15, 0.2) is 29.2 Å². The molecule has 0 bridgehead atoms. The number of benzene rings is 1. The maximum absolute atomic E-state index is 11.9. The topological polar surface area (TPSA) is 116 Å². The number of hydrogen-bond donors (Lipinski definition) is 2. The number of ether oxygens (including phenoxy) is 1. The first-order valence-corrected chi connectivity index (χ1v) is 7.83. The average molecular weight is 335 g/mol. The van der Waals surface area contributed by atoms with Crippen molar-refractivity contribution in [2.75, 3.05) is 6.54 Å². The quantitative estimate of drug-likeness (QED) is 0.701. The van der Waals surface area contributed by atoms with Crippen molar-refractivity contribution in [1.29, 1.82) is 0 Å². The van der Waals surface area contributed by atoms with Crippen LogP contribution in [-0.4, -0.2) is 32.9 Å². The summed E-state index contributed by atoms with van der Waals surface area (Å²) < 4.78 is 30.8. The molecule has 0 spiro atoms. The predicted molar refractivity (Wildman–Crippen MR) is 76.0 cm³/mol. The monoisotopic (exact) mass is 334 g/mol. The van der Waals surface area contributed by atoms with E-state index < -0.39 is 28.0 Å². The van der Waals surface area contributed by atoms with E-state index in [1.165, 1.54) is 25.1 Å². The summed E-state index contributed by atoms with van der Waals surface area (Å²) in [5.74, 6) is -1.51. The van der Waals surface area contributed by atoms with E-state index in [9.17, 15) is 18.0 Å². The van der Waals surface area contributed by atoms with E-state index >= 15 is 0 Å². The van der Waals surface area contributed by atoms with Crippen LogP contribution in [0.3, 0.4) is 0 Å². The van der Waals surface area contributed by atoms with Crippen LogP contribution < -0.4 is 10.5 Å². The Morgan fingerprint density at radius 1 is 1.38 bits per heavy atom. The molecule has 0 saturated carbocycles. The lowest BCUT2D eigenvalue weighted by molar-refractivity contribution is -0.153. The van der Waals surface area contributed by atoms with Crippen molar-refractivity contribution in [2.45, 2.75) is 24.3 Å². The second-order valence-electron chi connectivity index (χ2n) is 4.11. The Labute approximate surface area is 127 Å². The van der Waals surface area contributed by atoms with E-state index in [0.717, 1.165) is 0 Å². The highest BCUT2D eigenvalue weighted by Crippen LogP contribution is 2.19. The number of carbonyl (C=O) groups excluding carboxylic acids is 2.